The quantitative estimate of drug-likeness (QED) is 0.558. The number of hydrogen-bond donors (Lipinski definition) is 1. The van der Waals surface area contributed by atoms with Gasteiger partial charge in [0.1, 0.15) is 0 Å². The minimum atomic E-state index is 0.958. The second-order valence-corrected chi connectivity index (χ2v) is 7.40. The third-order valence-electron chi connectivity index (χ3n) is 5.99. The minimum absolute atomic E-state index is 0.958. The Morgan fingerprint density at radius 3 is 1.05 bits per heavy atom. The van der Waals surface area contributed by atoms with Crippen molar-refractivity contribution in [1.82, 2.24) is 4.90 Å². The van der Waals surface area contributed by atoms with Gasteiger partial charge in [-0.15, -0.1) is 4.91 Å². The zero-order valence-corrected chi connectivity index (χ0v) is 14.1. The summed E-state index contributed by atoms with van der Waals surface area (Å²) in [6.07, 6.45) is 22.5. The first-order valence-corrected chi connectivity index (χ1v) is 9.61. The molecule has 0 bridgehead atoms. The molecule has 4 heteroatoms. The minimum Gasteiger partial charge on any atom is -0.379 e. The van der Waals surface area contributed by atoms with Crippen molar-refractivity contribution in [3.8, 4) is 0 Å². The van der Waals surface area contributed by atoms with Crippen molar-refractivity contribution in [2.45, 2.75) is 114 Å². The highest BCUT2D eigenvalue weighted by molar-refractivity contribution is 4.89. The van der Waals surface area contributed by atoms with Gasteiger partial charge < -0.3 is 5.21 Å². The lowest BCUT2D eigenvalue weighted by molar-refractivity contribution is 0.0221. The van der Waals surface area contributed by atoms with Gasteiger partial charge in [0.25, 0.3) is 0 Å². The van der Waals surface area contributed by atoms with Crippen molar-refractivity contribution in [3.63, 3.8) is 0 Å². The summed E-state index contributed by atoms with van der Waals surface area (Å²) >= 11 is 0. The van der Waals surface area contributed by atoms with Crippen LogP contribution in [0.25, 0.3) is 0 Å². The number of rotatable bonds is 3. The fourth-order valence-corrected chi connectivity index (χ4v) is 5.03. The van der Waals surface area contributed by atoms with Crippen LogP contribution in [-0.2, 0) is 0 Å². The average Bonchev–Trinajstić information content (AvgIpc) is 2.59. The normalized spacial score (nSPS) is 25.5. The maximum absolute atomic E-state index is 8.11. The summed E-state index contributed by atoms with van der Waals surface area (Å²) in [7, 11) is 0. The van der Waals surface area contributed by atoms with Gasteiger partial charge in [0.05, 0.1) is 0 Å². The summed E-state index contributed by atoms with van der Waals surface area (Å²) in [4.78, 5) is 11.2. The van der Waals surface area contributed by atoms with Gasteiger partial charge in [0.2, 0.25) is 0 Å². The number of hydrogen-bond acceptors (Lipinski definition) is 3. The molecule has 0 atom stereocenters. The molecule has 0 unspecified atom stereocenters. The lowest BCUT2D eigenvalue weighted by Crippen LogP contribution is -2.51. The first-order valence-electron chi connectivity index (χ1n) is 9.61. The van der Waals surface area contributed by atoms with E-state index < -0.39 is 0 Å². The van der Waals surface area contributed by atoms with E-state index in [1.807, 2.05) is 0 Å². The Morgan fingerprint density at radius 2 is 0.818 bits per heavy atom. The Morgan fingerprint density at radius 1 is 0.591 bits per heavy atom. The third kappa shape index (κ3) is 5.22. The lowest BCUT2D eigenvalue weighted by Gasteiger charge is -2.47. The zero-order valence-electron chi connectivity index (χ0n) is 14.1. The van der Waals surface area contributed by atoms with Gasteiger partial charge in [-0.2, -0.15) is 0 Å². The Labute approximate surface area is 135 Å². The van der Waals surface area contributed by atoms with Crippen LogP contribution in [0.4, 0.5) is 0 Å². The Balaban J connectivity index is 0.000000545. The van der Waals surface area contributed by atoms with Gasteiger partial charge >= 0.3 is 0 Å². The predicted molar refractivity (Wildman–Crippen MR) is 90.0 cm³/mol. The SMILES string of the molecule is C1CCC(N(C2CCCCC2)C2CCCCC2)CC1.O=NO. The Bertz CT molecular complexity index is 251. The van der Waals surface area contributed by atoms with Crippen molar-refractivity contribution in [3.05, 3.63) is 4.91 Å². The van der Waals surface area contributed by atoms with Gasteiger partial charge in [-0.25, -0.2) is 0 Å². The van der Waals surface area contributed by atoms with E-state index in [-0.39, 0.29) is 0 Å². The molecule has 3 fully saturated rings. The van der Waals surface area contributed by atoms with Crippen molar-refractivity contribution >= 4 is 0 Å². The van der Waals surface area contributed by atoms with Gasteiger partial charge in [-0.05, 0) is 38.5 Å². The van der Waals surface area contributed by atoms with Crippen LogP contribution in [0.3, 0.4) is 0 Å². The van der Waals surface area contributed by atoms with Gasteiger partial charge in [0, 0.05) is 18.1 Å². The van der Waals surface area contributed by atoms with Gasteiger partial charge in [-0.3, -0.25) is 4.90 Å². The molecule has 1 N–H and O–H groups in total. The molecule has 0 aromatic carbocycles. The standard InChI is InChI=1S/C18H33N.HNO2/c1-4-10-16(11-5-1)19(17-12-6-2-7-13-17)18-14-8-3-9-15-18;2-1-3/h16-18H,1-15H2;(H,2,3). The molecule has 22 heavy (non-hydrogen) atoms. The van der Waals surface area contributed by atoms with Crippen LogP contribution >= 0.6 is 0 Å². The highest BCUT2D eigenvalue weighted by atomic mass is 16.6. The van der Waals surface area contributed by atoms with Crippen molar-refractivity contribution < 1.29 is 5.21 Å². The van der Waals surface area contributed by atoms with E-state index in [4.69, 9.17) is 10.1 Å². The maximum atomic E-state index is 8.11. The fraction of sp³-hybridized carbons (Fsp3) is 1.00. The van der Waals surface area contributed by atoms with Crippen LogP contribution in [0, 0.1) is 4.91 Å². The molecule has 0 spiro atoms. The molecule has 3 aliphatic rings. The van der Waals surface area contributed by atoms with Crippen molar-refractivity contribution in [2.24, 2.45) is 5.34 Å². The summed E-state index contributed by atoms with van der Waals surface area (Å²) in [5.74, 6) is 0. The van der Waals surface area contributed by atoms with Crippen LogP contribution in [0.1, 0.15) is 96.3 Å². The molecular formula is C18H34N2O2. The van der Waals surface area contributed by atoms with Crippen LogP contribution < -0.4 is 0 Å². The Kier molecular flexibility index (Phi) is 8.21. The number of nitrogens with zero attached hydrogens (tertiary/aromatic N) is 2. The van der Waals surface area contributed by atoms with Crippen LogP contribution in [0.15, 0.2) is 5.34 Å². The molecule has 0 amide bonds. The molecule has 0 aliphatic heterocycles. The van der Waals surface area contributed by atoms with Crippen LogP contribution in [-0.4, -0.2) is 28.2 Å². The lowest BCUT2D eigenvalue weighted by atomic mass is 9.84. The molecular weight excluding hydrogens is 276 g/mol. The first kappa shape index (κ1) is 17.7. The van der Waals surface area contributed by atoms with E-state index in [1.165, 1.54) is 102 Å². The molecule has 3 saturated carbocycles. The molecule has 0 aromatic rings. The highest BCUT2D eigenvalue weighted by Gasteiger charge is 2.34. The summed E-state index contributed by atoms with van der Waals surface area (Å²) in [5.41, 5.74) is 0. The predicted octanol–water partition coefficient (Wildman–Crippen LogP) is 5.43. The van der Waals surface area contributed by atoms with Gasteiger partial charge in [0.15, 0.2) is 5.34 Å². The fourth-order valence-electron chi connectivity index (χ4n) is 5.03. The molecule has 0 heterocycles. The van der Waals surface area contributed by atoms with E-state index >= 15 is 0 Å². The smallest absolute Gasteiger partial charge is 0.152 e. The molecule has 128 valence electrons. The second kappa shape index (κ2) is 10.2. The first-order chi connectivity index (χ1) is 10.9. The summed E-state index contributed by atoms with van der Waals surface area (Å²) < 4.78 is 0. The molecule has 3 aliphatic carbocycles. The van der Waals surface area contributed by atoms with Crippen LogP contribution in [0.5, 0.6) is 0 Å². The van der Waals surface area contributed by atoms with Crippen molar-refractivity contribution in [1.29, 1.82) is 0 Å². The molecule has 0 aromatic heterocycles. The second-order valence-electron chi connectivity index (χ2n) is 7.40. The molecule has 0 radical (unpaired) electrons. The molecule has 3 rings (SSSR count). The summed E-state index contributed by atoms with van der Waals surface area (Å²) in [6, 6.07) is 2.87. The maximum Gasteiger partial charge on any atom is 0.152 e. The van der Waals surface area contributed by atoms with E-state index in [0.29, 0.717) is 0 Å². The highest BCUT2D eigenvalue weighted by Crippen LogP contribution is 2.35. The molecule has 0 saturated heterocycles. The third-order valence-corrected chi connectivity index (χ3v) is 5.99. The van der Waals surface area contributed by atoms with E-state index in [2.05, 4.69) is 4.90 Å². The van der Waals surface area contributed by atoms with Crippen molar-refractivity contribution in [2.75, 3.05) is 0 Å². The zero-order chi connectivity index (χ0) is 15.6. The summed E-state index contributed by atoms with van der Waals surface area (Å²) in [6.45, 7) is 0. The largest absolute Gasteiger partial charge is 0.379 e. The topological polar surface area (TPSA) is 52.9 Å². The summed E-state index contributed by atoms with van der Waals surface area (Å²) in [5, 5.41) is 7.89. The Hall–Kier alpha value is -0.640. The average molecular weight is 310 g/mol. The van der Waals surface area contributed by atoms with Gasteiger partial charge in [-0.1, -0.05) is 57.8 Å². The van der Waals surface area contributed by atoms with E-state index in [0.717, 1.165) is 18.1 Å². The van der Waals surface area contributed by atoms with E-state index in [9.17, 15) is 0 Å². The monoisotopic (exact) mass is 310 g/mol. The van der Waals surface area contributed by atoms with Crippen LogP contribution in [0.2, 0.25) is 0 Å². The van der Waals surface area contributed by atoms with E-state index in [1.54, 1.807) is 0 Å². The molecule has 4 nitrogen and oxygen atoms in total.